The highest BCUT2D eigenvalue weighted by atomic mass is 16.1. The van der Waals surface area contributed by atoms with E-state index in [4.69, 9.17) is 0 Å². The quantitative estimate of drug-likeness (QED) is 0.889. The van der Waals surface area contributed by atoms with Gasteiger partial charge in [-0.1, -0.05) is 0 Å². The number of nitrogens with zero attached hydrogens (tertiary/aromatic N) is 4. The molecule has 0 spiro atoms. The Hall–Kier alpha value is -2.67. The van der Waals surface area contributed by atoms with Crippen molar-refractivity contribution in [3.05, 3.63) is 36.0 Å². The van der Waals surface area contributed by atoms with Crippen LogP contribution >= 0.6 is 0 Å². The van der Waals surface area contributed by atoms with Gasteiger partial charge in [0.1, 0.15) is 5.82 Å². The van der Waals surface area contributed by atoms with Gasteiger partial charge in [-0.15, -0.1) is 0 Å². The van der Waals surface area contributed by atoms with Crippen molar-refractivity contribution in [1.82, 2.24) is 14.9 Å². The van der Waals surface area contributed by atoms with Crippen LogP contribution < -0.4 is 15.5 Å². The minimum Gasteiger partial charge on any atom is -0.340 e. The first kappa shape index (κ1) is 17.2. The molecule has 2 N–H and O–H groups in total. The van der Waals surface area contributed by atoms with Crippen molar-refractivity contribution in [2.75, 3.05) is 48.8 Å². The van der Waals surface area contributed by atoms with Crippen LogP contribution in [0.5, 0.6) is 0 Å². The normalized spacial score (nSPS) is 15.1. The van der Waals surface area contributed by atoms with Crippen LogP contribution in [0.4, 0.5) is 23.1 Å². The molecular weight excluding hydrogens is 316 g/mol. The Morgan fingerprint density at radius 2 is 1.68 bits per heavy atom. The first-order valence-corrected chi connectivity index (χ1v) is 8.43. The van der Waals surface area contributed by atoms with Crippen LogP contribution in [0.3, 0.4) is 0 Å². The summed E-state index contributed by atoms with van der Waals surface area (Å²) in [6.45, 7) is 7.38. The molecule has 1 aromatic carbocycles. The maximum absolute atomic E-state index is 11.1. The van der Waals surface area contributed by atoms with E-state index in [9.17, 15) is 4.79 Å². The SMILES string of the molecule is CC(=O)Nc1ccc(Nc2cc(C)nc(N3CCN(C)CC3)n2)cc1. The number of likely N-dealkylation sites (N-methyl/N-ethyl adjacent to an activating group) is 1. The van der Waals surface area contributed by atoms with Crippen LogP contribution in [0.2, 0.25) is 0 Å². The number of amides is 1. The molecule has 2 aromatic rings. The van der Waals surface area contributed by atoms with Gasteiger partial charge in [0.2, 0.25) is 11.9 Å². The lowest BCUT2D eigenvalue weighted by Gasteiger charge is -2.32. The van der Waals surface area contributed by atoms with Crippen LogP contribution in [0.25, 0.3) is 0 Å². The summed E-state index contributed by atoms with van der Waals surface area (Å²) in [4.78, 5) is 24.9. The Kier molecular flexibility index (Phi) is 5.14. The molecule has 0 unspecified atom stereocenters. The van der Waals surface area contributed by atoms with Gasteiger partial charge in [-0.05, 0) is 38.2 Å². The lowest BCUT2D eigenvalue weighted by molar-refractivity contribution is -0.114. The van der Waals surface area contributed by atoms with Gasteiger partial charge in [0.05, 0.1) is 0 Å². The predicted octanol–water partition coefficient (Wildman–Crippen LogP) is 2.24. The summed E-state index contributed by atoms with van der Waals surface area (Å²) < 4.78 is 0. The smallest absolute Gasteiger partial charge is 0.227 e. The van der Waals surface area contributed by atoms with E-state index in [-0.39, 0.29) is 5.91 Å². The molecule has 132 valence electrons. The second-order valence-corrected chi connectivity index (χ2v) is 6.37. The fourth-order valence-electron chi connectivity index (χ4n) is 2.75. The van der Waals surface area contributed by atoms with Gasteiger partial charge in [0, 0.05) is 56.2 Å². The third-order valence-electron chi connectivity index (χ3n) is 4.11. The van der Waals surface area contributed by atoms with E-state index in [0.717, 1.165) is 55.0 Å². The highest BCUT2D eigenvalue weighted by Gasteiger charge is 2.17. The zero-order chi connectivity index (χ0) is 17.8. The molecule has 1 aliphatic heterocycles. The molecule has 0 saturated carbocycles. The van der Waals surface area contributed by atoms with E-state index in [0.29, 0.717) is 0 Å². The molecule has 0 atom stereocenters. The van der Waals surface area contributed by atoms with Crippen molar-refractivity contribution >= 4 is 29.0 Å². The molecule has 0 aliphatic carbocycles. The molecule has 2 heterocycles. The van der Waals surface area contributed by atoms with Gasteiger partial charge in [-0.25, -0.2) is 4.98 Å². The Morgan fingerprint density at radius 1 is 1.04 bits per heavy atom. The molecule has 25 heavy (non-hydrogen) atoms. The van der Waals surface area contributed by atoms with Gasteiger partial charge in [0.25, 0.3) is 0 Å². The number of aromatic nitrogens is 2. The lowest BCUT2D eigenvalue weighted by atomic mass is 10.2. The molecule has 0 bridgehead atoms. The van der Waals surface area contributed by atoms with Crippen LogP contribution in [-0.2, 0) is 4.79 Å². The molecule has 1 fully saturated rings. The zero-order valence-electron chi connectivity index (χ0n) is 14.9. The summed E-state index contributed by atoms with van der Waals surface area (Å²) in [5.74, 6) is 1.46. The summed E-state index contributed by atoms with van der Waals surface area (Å²) in [6, 6.07) is 9.48. The first-order valence-electron chi connectivity index (χ1n) is 8.43. The molecular formula is C18H24N6O. The zero-order valence-corrected chi connectivity index (χ0v) is 14.9. The van der Waals surface area contributed by atoms with E-state index in [2.05, 4.69) is 37.4 Å². The van der Waals surface area contributed by atoms with Crippen molar-refractivity contribution < 1.29 is 4.79 Å². The Labute approximate surface area is 148 Å². The molecule has 1 aromatic heterocycles. The van der Waals surface area contributed by atoms with Gasteiger partial charge in [-0.3, -0.25) is 4.79 Å². The second-order valence-electron chi connectivity index (χ2n) is 6.37. The summed E-state index contributed by atoms with van der Waals surface area (Å²) >= 11 is 0. The third kappa shape index (κ3) is 4.67. The van der Waals surface area contributed by atoms with Crippen molar-refractivity contribution in [1.29, 1.82) is 0 Å². The predicted molar refractivity (Wildman–Crippen MR) is 101 cm³/mol. The van der Waals surface area contributed by atoms with E-state index < -0.39 is 0 Å². The van der Waals surface area contributed by atoms with Crippen LogP contribution in [0, 0.1) is 6.92 Å². The molecule has 3 rings (SSSR count). The molecule has 7 nitrogen and oxygen atoms in total. The van der Waals surface area contributed by atoms with Gasteiger partial charge >= 0.3 is 0 Å². The second kappa shape index (κ2) is 7.48. The topological polar surface area (TPSA) is 73.4 Å². The number of carbonyl (C=O) groups excluding carboxylic acids is 1. The van der Waals surface area contributed by atoms with Gasteiger partial charge < -0.3 is 20.4 Å². The lowest BCUT2D eigenvalue weighted by Crippen LogP contribution is -2.45. The highest BCUT2D eigenvalue weighted by molar-refractivity contribution is 5.88. The standard InChI is InChI=1S/C18H24N6O/c1-13-12-17(21-16-6-4-15(5-7-16)20-14(2)25)22-18(19-13)24-10-8-23(3)9-11-24/h4-7,12H,8-11H2,1-3H3,(H,20,25)(H,19,21,22). The average molecular weight is 340 g/mol. The number of piperazine rings is 1. The largest absolute Gasteiger partial charge is 0.340 e. The van der Waals surface area contributed by atoms with E-state index in [1.807, 2.05) is 37.3 Å². The maximum Gasteiger partial charge on any atom is 0.227 e. The van der Waals surface area contributed by atoms with Crippen LogP contribution in [-0.4, -0.2) is 54.0 Å². The molecule has 1 amide bonds. The number of hydrogen-bond donors (Lipinski definition) is 2. The summed E-state index contributed by atoms with van der Waals surface area (Å²) in [5, 5.41) is 6.07. The summed E-state index contributed by atoms with van der Waals surface area (Å²) in [6.07, 6.45) is 0. The van der Waals surface area contributed by atoms with E-state index in [1.165, 1.54) is 6.92 Å². The monoisotopic (exact) mass is 340 g/mol. The van der Waals surface area contributed by atoms with Crippen molar-refractivity contribution in [2.45, 2.75) is 13.8 Å². The molecule has 0 radical (unpaired) electrons. The fourth-order valence-corrected chi connectivity index (χ4v) is 2.75. The van der Waals surface area contributed by atoms with Crippen molar-refractivity contribution in [3.63, 3.8) is 0 Å². The van der Waals surface area contributed by atoms with Crippen LogP contribution in [0.1, 0.15) is 12.6 Å². The highest BCUT2D eigenvalue weighted by Crippen LogP contribution is 2.21. The number of rotatable bonds is 4. The van der Waals surface area contributed by atoms with Crippen LogP contribution in [0.15, 0.2) is 30.3 Å². The van der Waals surface area contributed by atoms with Crippen molar-refractivity contribution in [3.8, 4) is 0 Å². The minimum atomic E-state index is -0.0797. The van der Waals surface area contributed by atoms with Crippen molar-refractivity contribution in [2.24, 2.45) is 0 Å². The first-order chi connectivity index (χ1) is 12.0. The van der Waals surface area contributed by atoms with Gasteiger partial charge in [-0.2, -0.15) is 4.98 Å². The molecule has 1 aliphatic rings. The molecule has 7 heteroatoms. The Morgan fingerprint density at radius 3 is 2.32 bits per heavy atom. The Balaban J connectivity index is 1.73. The summed E-state index contributed by atoms with van der Waals surface area (Å²) in [5.41, 5.74) is 2.62. The number of benzene rings is 1. The number of hydrogen-bond acceptors (Lipinski definition) is 6. The number of anilines is 4. The molecule has 1 saturated heterocycles. The third-order valence-corrected chi connectivity index (χ3v) is 4.11. The van der Waals surface area contributed by atoms with E-state index >= 15 is 0 Å². The van der Waals surface area contributed by atoms with E-state index in [1.54, 1.807) is 0 Å². The van der Waals surface area contributed by atoms with Gasteiger partial charge in [0.15, 0.2) is 0 Å². The average Bonchev–Trinajstić information content (AvgIpc) is 2.56. The number of aryl methyl sites for hydroxylation is 1. The minimum absolute atomic E-state index is 0.0797. The fraction of sp³-hybridized carbons (Fsp3) is 0.389. The summed E-state index contributed by atoms with van der Waals surface area (Å²) in [7, 11) is 2.13. The number of nitrogens with one attached hydrogen (secondary N) is 2. The maximum atomic E-state index is 11.1. The number of carbonyl (C=O) groups is 1. The Bertz CT molecular complexity index is 738.